The molecule has 1 saturated heterocycles. The van der Waals surface area contributed by atoms with E-state index in [0.29, 0.717) is 17.3 Å². The van der Waals surface area contributed by atoms with Gasteiger partial charge in [-0.2, -0.15) is 0 Å². The maximum absolute atomic E-state index is 12.2. The Labute approximate surface area is 186 Å². The Morgan fingerprint density at radius 2 is 2.06 bits per heavy atom. The van der Waals surface area contributed by atoms with Gasteiger partial charge in [0.1, 0.15) is 11.4 Å². The highest BCUT2D eigenvalue weighted by Crippen LogP contribution is 2.38. The van der Waals surface area contributed by atoms with Gasteiger partial charge in [-0.05, 0) is 51.3 Å². The van der Waals surface area contributed by atoms with Crippen LogP contribution in [-0.4, -0.2) is 45.7 Å². The van der Waals surface area contributed by atoms with Crippen LogP contribution in [0.4, 0.5) is 0 Å². The summed E-state index contributed by atoms with van der Waals surface area (Å²) in [5.74, 6) is 1.24. The van der Waals surface area contributed by atoms with Crippen LogP contribution in [0, 0.1) is 5.92 Å². The quantitative estimate of drug-likeness (QED) is 0.714. The molecule has 2 aliphatic heterocycles. The number of ether oxygens (including phenoxy) is 1. The van der Waals surface area contributed by atoms with Gasteiger partial charge in [-0.1, -0.05) is 29.5 Å². The zero-order chi connectivity index (χ0) is 22.2. The van der Waals surface area contributed by atoms with Crippen LogP contribution < -0.4 is 14.9 Å². The summed E-state index contributed by atoms with van der Waals surface area (Å²) in [6, 6.07) is 6.46. The highest BCUT2D eigenvalue weighted by molar-refractivity contribution is 7.09. The molecule has 0 saturated carbocycles. The first-order valence-electron chi connectivity index (χ1n) is 10.9. The zero-order valence-corrected chi connectivity index (χ0v) is 19.3. The monoisotopic (exact) mass is 445 g/mol. The Hall–Kier alpha value is -2.32. The van der Waals surface area contributed by atoms with E-state index in [9.17, 15) is 14.7 Å². The first kappa shape index (κ1) is 21.9. The average Bonchev–Trinajstić information content (AvgIpc) is 3.17. The van der Waals surface area contributed by atoms with Gasteiger partial charge in [0.05, 0.1) is 11.3 Å². The molecule has 0 radical (unpaired) electrons. The van der Waals surface area contributed by atoms with Crippen LogP contribution in [0.1, 0.15) is 42.7 Å². The number of carbonyl (C=O) groups excluding carboxylic acids is 1. The number of aromatic nitrogens is 1. The van der Waals surface area contributed by atoms with Gasteiger partial charge in [0.15, 0.2) is 0 Å². The normalized spacial score (nSPS) is 18.5. The van der Waals surface area contributed by atoms with Crippen LogP contribution in [0.3, 0.4) is 0 Å². The van der Waals surface area contributed by atoms with E-state index in [1.165, 1.54) is 18.2 Å². The van der Waals surface area contributed by atoms with E-state index in [2.05, 4.69) is 42.3 Å². The number of thiazole rings is 1. The lowest BCUT2D eigenvalue weighted by Gasteiger charge is -2.32. The fourth-order valence-electron chi connectivity index (χ4n) is 4.47. The molecule has 168 valence electrons. The summed E-state index contributed by atoms with van der Waals surface area (Å²) in [6.07, 6.45) is 3.06. The predicted molar refractivity (Wildman–Crippen MR) is 121 cm³/mol. The van der Waals surface area contributed by atoms with Gasteiger partial charge in [0.25, 0.3) is 0 Å². The van der Waals surface area contributed by atoms with Gasteiger partial charge in [-0.3, -0.25) is 19.1 Å². The molecule has 1 aromatic heterocycles. The molecule has 2 N–H and O–H groups in total. The minimum Gasteiger partial charge on any atom is -0.494 e. The summed E-state index contributed by atoms with van der Waals surface area (Å²) in [5.41, 5.74) is 2.43. The lowest BCUT2D eigenvalue weighted by Crippen LogP contribution is -2.38. The molecule has 0 spiro atoms. The van der Waals surface area contributed by atoms with Crippen LogP contribution in [0.2, 0.25) is 0 Å². The molecule has 0 atom stereocenters. The number of rotatable bonds is 6. The Kier molecular flexibility index (Phi) is 6.12. The van der Waals surface area contributed by atoms with Crippen molar-refractivity contribution in [3.05, 3.63) is 43.9 Å². The molecule has 1 fully saturated rings. The summed E-state index contributed by atoms with van der Waals surface area (Å²) in [6.45, 7) is 7.78. The number of hydrogen-bond acceptors (Lipinski definition) is 6. The topological polar surface area (TPSA) is 83.8 Å². The number of aromatic hydroxyl groups is 1. The molecular weight excluding hydrogens is 414 g/mol. The summed E-state index contributed by atoms with van der Waals surface area (Å²) >= 11 is 0.920. The molecule has 1 aromatic carbocycles. The molecule has 3 heterocycles. The Morgan fingerprint density at radius 1 is 1.32 bits per heavy atom. The second kappa shape index (κ2) is 8.67. The number of fused-ring (bicyclic) bond motifs is 1. The van der Waals surface area contributed by atoms with E-state index in [1.807, 2.05) is 0 Å². The molecule has 0 bridgehead atoms. The number of likely N-dealkylation sites (tertiary alicyclic amines) is 1. The SMILES string of the molecule is Cn1c(O)c(CC(=O)NCC2CCN(Cc3cccc4c3OC(C)(C)C4)CC2)sc1=O. The molecule has 4 rings (SSSR count). The van der Waals surface area contributed by atoms with Crippen molar-refractivity contribution in [1.82, 2.24) is 14.8 Å². The largest absolute Gasteiger partial charge is 0.494 e. The highest BCUT2D eigenvalue weighted by Gasteiger charge is 2.32. The molecular formula is C23H31N3O4S. The number of benzene rings is 1. The number of para-hydroxylation sites is 1. The van der Waals surface area contributed by atoms with Crippen molar-refractivity contribution in [1.29, 1.82) is 0 Å². The zero-order valence-electron chi connectivity index (χ0n) is 18.4. The minimum atomic E-state index is -0.259. The molecule has 7 nitrogen and oxygen atoms in total. The Balaban J connectivity index is 1.24. The lowest BCUT2D eigenvalue weighted by atomic mass is 9.96. The lowest BCUT2D eigenvalue weighted by molar-refractivity contribution is -0.120. The molecule has 2 aromatic rings. The van der Waals surface area contributed by atoms with E-state index in [-0.39, 0.29) is 28.7 Å². The summed E-state index contributed by atoms with van der Waals surface area (Å²) in [7, 11) is 1.50. The molecule has 1 amide bonds. The first-order valence-corrected chi connectivity index (χ1v) is 11.7. The van der Waals surface area contributed by atoms with Crippen LogP contribution in [0.5, 0.6) is 11.6 Å². The van der Waals surface area contributed by atoms with Gasteiger partial charge in [-0.25, -0.2) is 0 Å². The number of hydrogen-bond donors (Lipinski definition) is 2. The number of nitrogens with one attached hydrogen (secondary N) is 1. The number of carbonyl (C=O) groups is 1. The van der Waals surface area contributed by atoms with E-state index < -0.39 is 0 Å². The van der Waals surface area contributed by atoms with Crippen LogP contribution in [0.25, 0.3) is 0 Å². The summed E-state index contributed by atoms with van der Waals surface area (Å²) < 4.78 is 7.37. The van der Waals surface area contributed by atoms with Crippen molar-refractivity contribution in [3.63, 3.8) is 0 Å². The van der Waals surface area contributed by atoms with Gasteiger partial charge in [0, 0.05) is 32.1 Å². The molecule has 8 heteroatoms. The van der Waals surface area contributed by atoms with Gasteiger partial charge >= 0.3 is 4.87 Å². The van der Waals surface area contributed by atoms with Gasteiger partial charge < -0.3 is 15.2 Å². The predicted octanol–water partition coefficient (Wildman–Crippen LogP) is 2.44. The van der Waals surface area contributed by atoms with Gasteiger partial charge in [0.2, 0.25) is 11.8 Å². The smallest absolute Gasteiger partial charge is 0.310 e. The molecule has 2 aliphatic rings. The van der Waals surface area contributed by atoms with E-state index in [0.717, 1.165) is 60.6 Å². The standard InChI is InChI=1S/C23H31N3O4S/c1-23(2)12-16-5-4-6-17(20(16)30-23)14-26-9-7-15(8-10-26)13-24-19(27)11-18-21(28)25(3)22(29)31-18/h4-6,15,28H,7-14H2,1-3H3,(H,24,27). The Bertz CT molecular complexity index is 1020. The molecule has 31 heavy (non-hydrogen) atoms. The molecule has 0 unspecified atom stereocenters. The van der Waals surface area contributed by atoms with Crippen LogP contribution in [-0.2, 0) is 31.2 Å². The third-order valence-corrected chi connectivity index (χ3v) is 7.26. The molecule has 0 aliphatic carbocycles. The summed E-state index contributed by atoms with van der Waals surface area (Å²) in [5, 5.41) is 12.9. The minimum absolute atomic E-state index is 0.0426. The third-order valence-electron chi connectivity index (χ3n) is 6.23. The third kappa shape index (κ3) is 4.96. The summed E-state index contributed by atoms with van der Waals surface area (Å²) in [4.78, 5) is 26.4. The van der Waals surface area contributed by atoms with Crippen molar-refractivity contribution in [2.75, 3.05) is 19.6 Å². The van der Waals surface area contributed by atoms with E-state index in [1.54, 1.807) is 0 Å². The van der Waals surface area contributed by atoms with Crippen molar-refractivity contribution in [2.45, 2.75) is 51.7 Å². The van der Waals surface area contributed by atoms with Gasteiger partial charge in [-0.15, -0.1) is 0 Å². The maximum atomic E-state index is 12.2. The maximum Gasteiger partial charge on any atom is 0.310 e. The first-order chi connectivity index (χ1) is 14.7. The van der Waals surface area contributed by atoms with E-state index in [4.69, 9.17) is 4.74 Å². The van der Waals surface area contributed by atoms with Crippen molar-refractivity contribution < 1.29 is 14.6 Å². The fraction of sp³-hybridized carbons (Fsp3) is 0.565. The number of nitrogens with zero attached hydrogens (tertiary/aromatic N) is 2. The van der Waals surface area contributed by atoms with Crippen molar-refractivity contribution in [2.24, 2.45) is 13.0 Å². The Morgan fingerprint density at radius 3 is 2.74 bits per heavy atom. The fourth-order valence-corrected chi connectivity index (χ4v) is 5.33. The average molecular weight is 446 g/mol. The van der Waals surface area contributed by atoms with Crippen molar-refractivity contribution in [3.8, 4) is 11.6 Å². The van der Waals surface area contributed by atoms with Crippen LogP contribution in [0.15, 0.2) is 23.0 Å². The van der Waals surface area contributed by atoms with Crippen LogP contribution >= 0.6 is 11.3 Å². The second-order valence-corrected chi connectivity index (χ2v) is 10.4. The highest BCUT2D eigenvalue weighted by atomic mass is 32.1. The van der Waals surface area contributed by atoms with E-state index >= 15 is 0 Å². The second-order valence-electron chi connectivity index (χ2n) is 9.32. The number of amides is 1. The van der Waals surface area contributed by atoms with Crippen molar-refractivity contribution >= 4 is 17.2 Å². The number of piperidine rings is 1.